The largest absolute Gasteiger partial charge is 0.492 e. The van der Waals surface area contributed by atoms with Crippen molar-refractivity contribution in [1.29, 1.82) is 0 Å². The number of fused-ring (bicyclic) bond motifs is 3. The molecule has 6 rings (SSSR count). The summed E-state index contributed by atoms with van der Waals surface area (Å²) in [5.41, 5.74) is 4.08. The number of rotatable bonds is 0. The summed E-state index contributed by atoms with van der Waals surface area (Å²) in [5, 5.41) is 0. The van der Waals surface area contributed by atoms with E-state index in [2.05, 4.69) is 0 Å². The molecule has 57 heavy (non-hydrogen) atoms. The number of esters is 2. The minimum atomic E-state index is -0.122. The number of carbonyl (C=O) groups excluding carboxylic acids is 3. The molecule has 0 saturated carbocycles. The van der Waals surface area contributed by atoms with E-state index in [4.69, 9.17) is 14.2 Å². The van der Waals surface area contributed by atoms with Crippen molar-refractivity contribution in [1.82, 2.24) is 0 Å². The molecule has 0 aromatic heterocycles. The van der Waals surface area contributed by atoms with Gasteiger partial charge in [-0.25, -0.2) is 0 Å². The highest BCUT2D eigenvalue weighted by atomic mass is 16.5. The maximum absolute atomic E-state index is 11.2. The molecule has 3 heterocycles. The fourth-order valence-corrected chi connectivity index (χ4v) is 3.67. The van der Waals surface area contributed by atoms with Crippen molar-refractivity contribution in [2.45, 2.75) is 198 Å². The molecule has 336 valence electrons. The average Bonchev–Trinajstić information content (AvgIpc) is 3.35. The van der Waals surface area contributed by atoms with Crippen LogP contribution in [0.3, 0.4) is 0 Å². The summed E-state index contributed by atoms with van der Waals surface area (Å²) in [6, 6.07) is 22.8. The van der Waals surface area contributed by atoms with E-state index < -0.39 is 0 Å². The third-order valence-corrected chi connectivity index (χ3v) is 5.41. The van der Waals surface area contributed by atoms with Crippen molar-refractivity contribution in [3.05, 3.63) is 95.1 Å². The molecule has 0 fully saturated rings. The number of para-hydroxylation sites is 2. The number of benzene rings is 3. The van der Waals surface area contributed by atoms with Crippen molar-refractivity contribution in [2.75, 3.05) is 6.61 Å². The molecule has 0 unspecified atom stereocenters. The molecule has 0 atom stereocenters. The Bertz CT molecular complexity index is 1110. The Labute approximate surface area is 356 Å². The van der Waals surface area contributed by atoms with Crippen LogP contribution in [0, 0.1) is 0 Å². The minimum absolute atomic E-state index is 0.122. The van der Waals surface area contributed by atoms with Gasteiger partial charge < -0.3 is 14.2 Å². The highest BCUT2D eigenvalue weighted by molar-refractivity contribution is 5.99. The van der Waals surface area contributed by atoms with Crippen LogP contribution in [-0.2, 0) is 33.8 Å². The number of Topliss-reactive ketones (excluding diaryl/α,β-unsaturated/α-hetero) is 1. The van der Waals surface area contributed by atoms with Gasteiger partial charge in [-0.15, -0.1) is 0 Å². The van der Waals surface area contributed by atoms with Crippen molar-refractivity contribution in [3.63, 3.8) is 0 Å². The second-order valence-electron chi connectivity index (χ2n) is 7.71. The molecule has 0 spiro atoms. The summed E-state index contributed by atoms with van der Waals surface area (Å²) in [6.07, 6.45) is 2.26. The lowest BCUT2D eigenvalue weighted by molar-refractivity contribution is -0.145. The Morgan fingerprint density at radius 3 is 1.21 bits per heavy atom. The van der Waals surface area contributed by atoms with E-state index in [1.807, 2.05) is 233 Å². The zero-order valence-corrected chi connectivity index (χ0v) is 42.1. The predicted molar refractivity (Wildman–Crippen MR) is 257 cm³/mol. The molecule has 0 bridgehead atoms. The fourth-order valence-electron chi connectivity index (χ4n) is 3.67. The summed E-state index contributed by atoms with van der Waals surface area (Å²) >= 11 is 0. The monoisotopic (exact) mass is 805 g/mol. The Morgan fingerprint density at radius 2 is 0.754 bits per heavy atom. The second kappa shape index (κ2) is 69.9. The average molecular weight is 805 g/mol. The van der Waals surface area contributed by atoms with Crippen molar-refractivity contribution in [2.24, 2.45) is 0 Å². The molecule has 3 aromatic rings. The topological polar surface area (TPSA) is 78.9 Å². The van der Waals surface area contributed by atoms with Gasteiger partial charge in [0.25, 0.3) is 0 Å². The highest BCUT2D eigenvalue weighted by Crippen LogP contribution is 2.24. The molecule has 0 radical (unpaired) electrons. The number of cyclic esters (lactones) is 1. The summed E-state index contributed by atoms with van der Waals surface area (Å²) in [5.74, 6) is 1.40. The SMILES string of the molecule is CC.CC.CC.CC.CC.CC.CC.CC.CC.CC.CC.CC.O=C1CCOc2ccccc21.O=C1CCc2ccccc2O1.O=C1Cc2ccccc2CO1. The lowest BCUT2D eigenvalue weighted by Gasteiger charge is -2.14. The van der Waals surface area contributed by atoms with Gasteiger partial charge in [0.15, 0.2) is 5.78 Å². The summed E-state index contributed by atoms with van der Waals surface area (Å²) in [6.45, 7) is 49.0. The van der Waals surface area contributed by atoms with Crippen LogP contribution in [0.1, 0.15) is 206 Å². The van der Waals surface area contributed by atoms with Crippen molar-refractivity contribution < 1.29 is 28.6 Å². The van der Waals surface area contributed by atoms with Crippen LogP contribution in [0.2, 0.25) is 0 Å². The van der Waals surface area contributed by atoms with Crippen LogP contribution in [-0.4, -0.2) is 24.3 Å². The van der Waals surface area contributed by atoms with Gasteiger partial charge in [-0.05, 0) is 41.3 Å². The number of hydrogen-bond acceptors (Lipinski definition) is 6. The van der Waals surface area contributed by atoms with E-state index in [9.17, 15) is 14.4 Å². The third kappa shape index (κ3) is 40.1. The maximum atomic E-state index is 11.2. The molecule has 0 saturated heterocycles. The molecule has 3 aromatic carbocycles. The first kappa shape index (κ1) is 74.1. The molecular formula is C51H96O6. The number of aryl methyl sites for hydroxylation is 1. The van der Waals surface area contributed by atoms with Crippen LogP contribution < -0.4 is 9.47 Å². The van der Waals surface area contributed by atoms with Gasteiger partial charge in [0.1, 0.15) is 18.1 Å². The number of ether oxygens (including phenoxy) is 3. The zero-order valence-electron chi connectivity index (χ0n) is 42.1. The third-order valence-electron chi connectivity index (χ3n) is 5.41. The normalized spacial score (nSPS) is 10.2. The summed E-state index contributed by atoms with van der Waals surface area (Å²) in [4.78, 5) is 32.8. The lowest BCUT2D eigenvalue weighted by atomic mass is 10.0. The minimum Gasteiger partial charge on any atom is -0.492 e. The Kier molecular flexibility index (Phi) is 90.9. The molecular weight excluding hydrogens is 709 g/mol. The summed E-state index contributed by atoms with van der Waals surface area (Å²) in [7, 11) is 0. The van der Waals surface area contributed by atoms with Gasteiger partial charge in [-0.3, -0.25) is 14.4 Å². The van der Waals surface area contributed by atoms with E-state index in [-0.39, 0.29) is 17.7 Å². The van der Waals surface area contributed by atoms with Crippen molar-refractivity contribution in [3.8, 4) is 11.5 Å². The number of carbonyl (C=O) groups is 3. The van der Waals surface area contributed by atoms with Gasteiger partial charge in [-0.2, -0.15) is 0 Å². The number of hydrogen-bond donors (Lipinski definition) is 0. The first-order chi connectivity index (χ1) is 28.1. The standard InChI is InChI=1S/3C9H8O2.12C2H6/c10-9-5-7-3-1-2-4-8(7)6-11-9;10-8-5-6-11-9-4-2-1-3-7(8)9;10-9-6-5-7-3-1-2-4-8(7)11-9;12*1-2/h3*1-4H,5-6H2;12*1-2H3. The molecule has 3 aliphatic rings. The Hall–Kier alpha value is -3.93. The molecule has 0 amide bonds. The van der Waals surface area contributed by atoms with E-state index in [1.54, 1.807) is 6.07 Å². The first-order valence-corrected chi connectivity index (χ1v) is 22.9. The Balaban J connectivity index is -0.0000000686. The highest BCUT2D eigenvalue weighted by Gasteiger charge is 2.17. The van der Waals surface area contributed by atoms with E-state index in [0.717, 1.165) is 40.2 Å². The van der Waals surface area contributed by atoms with Gasteiger partial charge >= 0.3 is 11.9 Å². The fraction of sp³-hybridized carbons (Fsp3) is 0.588. The quantitative estimate of drug-likeness (QED) is 0.166. The zero-order chi connectivity index (χ0) is 47.0. The predicted octanol–water partition coefficient (Wildman–Crippen LogP) is 16.8. The second-order valence-corrected chi connectivity index (χ2v) is 7.71. The van der Waals surface area contributed by atoms with Crippen molar-refractivity contribution >= 4 is 17.7 Å². The first-order valence-electron chi connectivity index (χ1n) is 22.9. The maximum Gasteiger partial charge on any atom is 0.311 e. The number of ketones is 1. The van der Waals surface area contributed by atoms with Gasteiger partial charge in [0, 0.05) is 6.42 Å². The summed E-state index contributed by atoms with van der Waals surface area (Å²) < 4.78 is 15.1. The van der Waals surface area contributed by atoms with E-state index in [1.165, 1.54) is 0 Å². The van der Waals surface area contributed by atoms with Gasteiger partial charge in [0.05, 0.1) is 25.0 Å². The van der Waals surface area contributed by atoms with Crippen LogP contribution in [0.25, 0.3) is 0 Å². The molecule has 3 aliphatic heterocycles. The van der Waals surface area contributed by atoms with Crippen LogP contribution in [0.5, 0.6) is 11.5 Å². The molecule has 6 heteroatoms. The Morgan fingerprint density at radius 1 is 0.368 bits per heavy atom. The van der Waals surface area contributed by atoms with E-state index >= 15 is 0 Å². The molecule has 6 nitrogen and oxygen atoms in total. The van der Waals surface area contributed by atoms with Gasteiger partial charge in [-0.1, -0.05) is 221 Å². The molecule has 0 aliphatic carbocycles. The van der Waals surface area contributed by atoms with E-state index in [0.29, 0.717) is 32.5 Å². The van der Waals surface area contributed by atoms with Gasteiger partial charge in [0.2, 0.25) is 0 Å². The molecule has 0 N–H and O–H groups in total. The van der Waals surface area contributed by atoms with Crippen LogP contribution >= 0.6 is 0 Å². The van der Waals surface area contributed by atoms with Crippen LogP contribution in [0.4, 0.5) is 0 Å². The lowest BCUT2D eigenvalue weighted by Crippen LogP contribution is -2.15. The van der Waals surface area contributed by atoms with Crippen LogP contribution in [0.15, 0.2) is 72.8 Å². The smallest absolute Gasteiger partial charge is 0.311 e.